The maximum absolute atomic E-state index is 11.8. The van der Waals surface area contributed by atoms with Gasteiger partial charge in [0.05, 0.1) is 7.11 Å². The SMILES string of the molecule is CCCC(=O)Oc1ccccc1/N=N/c1ccc(NC(=O)OC)nc1NC(C)=O. The molecule has 2 N–H and O–H groups in total. The molecule has 0 aliphatic rings. The second-order valence-electron chi connectivity index (χ2n) is 5.75. The smallest absolute Gasteiger partial charge is 0.412 e. The van der Waals surface area contributed by atoms with Gasteiger partial charge in [-0.05, 0) is 30.7 Å². The van der Waals surface area contributed by atoms with Gasteiger partial charge >= 0.3 is 12.1 Å². The molecule has 0 saturated carbocycles. The Kier molecular flexibility index (Phi) is 7.78. The summed E-state index contributed by atoms with van der Waals surface area (Å²) in [5.41, 5.74) is 0.577. The number of aromatic nitrogens is 1. The third-order valence-corrected chi connectivity index (χ3v) is 3.39. The maximum atomic E-state index is 11.8. The van der Waals surface area contributed by atoms with Crippen LogP contribution in [-0.2, 0) is 14.3 Å². The molecule has 10 heteroatoms. The molecule has 2 aromatic rings. The van der Waals surface area contributed by atoms with Gasteiger partial charge in [-0.25, -0.2) is 9.78 Å². The lowest BCUT2D eigenvalue weighted by Crippen LogP contribution is -2.14. The maximum Gasteiger partial charge on any atom is 0.412 e. The number of nitrogens with one attached hydrogen (secondary N) is 2. The fourth-order valence-corrected chi connectivity index (χ4v) is 2.13. The van der Waals surface area contributed by atoms with Gasteiger partial charge in [0.15, 0.2) is 11.6 Å². The molecule has 0 saturated heterocycles. The molecule has 1 aromatic heterocycles. The Morgan fingerprint density at radius 3 is 2.45 bits per heavy atom. The Bertz CT molecular complexity index is 929. The summed E-state index contributed by atoms with van der Waals surface area (Å²) in [7, 11) is 1.22. The van der Waals surface area contributed by atoms with Crippen molar-refractivity contribution in [1.82, 2.24) is 4.98 Å². The van der Waals surface area contributed by atoms with Crippen LogP contribution in [0, 0.1) is 0 Å². The zero-order valence-corrected chi connectivity index (χ0v) is 16.3. The predicted octanol–water partition coefficient (Wildman–Crippen LogP) is 4.34. The molecule has 0 unspecified atom stereocenters. The van der Waals surface area contributed by atoms with E-state index in [1.54, 1.807) is 24.3 Å². The van der Waals surface area contributed by atoms with E-state index >= 15 is 0 Å². The van der Waals surface area contributed by atoms with Crippen molar-refractivity contribution >= 4 is 41.0 Å². The standard InChI is InChI=1S/C19H21N5O5/c1-4-7-17(26)29-15-9-6-5-8-13(15)23-24-14-10-11-16(22-19(27)28-3)21-18(14)20-12(2)25/h5-6,8-11H,4,7H2,1-3H3,(H2,20,21,22,25,27)/b24-23+. The van der Waals surface area contributed by atoms with E-state index in [2.05, 4.69) is 30.6 Å². The topological polar surface area (TPSA) is 131 Å². The number of azo groups is 1. The van der Waals surface area contributed by atoms with Crippen LogP contribution in [0.1, 0.15) is 26.7 Å². The summed E-state index contributed by atoms with van der Waals surface area (Å²) in [4.78, 5) is 38.7. The van der Waals surface area contributed by atoms with Crippen LogP contribution < -0.4 is 15.4 Å². The van der Waals surface area contributed by atoms with E-state index in [-0.39, 0.29) is 41.4 Å². The van der Waals surface area contributed by atoms with Crippen LogP contribution in [-0.4, -0.2) is 30.1 Å². The molecular formula is C19H21N5O5. The van der Waals surface area contributed by atoms with E-state index in [1.807, 2.05) is 6.92 Å². The molecule has 152 valence electrons. The van der Waals surface area contributed by atoms with Gasteiger partial charge in [-0.3, -0.25) is 14.9 Å². The highest BCUT2D eigenvalue weighted by molar-refractivity contribution is 5.91. The van der Waals surface area contributed by atoms with E-state index in [4.69, 9.17) is 4.74 Å². The summed E-state index contributed by atoms with van der Waals surface area (Å²) in [6.07, 6.45) is 0.250. The molecule has 0 spiro atoms. The molecular weight excluding hydrogens is 378 g/mol. The van der Waals surface area contributed by atoms with Crippen LogP contribution in [0.4, 0.5) is 27.8 Å². The van der Waals surface area contributed by atoms with Crippen LogP contribution in [0.25, 0.3) is 0 Å². The second-order valence-corrected chi connectivity index (χ2v) is 5.75. The van der Waals surface area contributed by atoms with Gasteiger partial charge in [0.25, 0.3) is 0 Å². The fraction of sp³-hybridized carbons (Fsp3) is 0.263. The van der Waals surface area contributed by atoms with Crippen molar-refractivity contribution in [2.24, 2.45) is 10.2 Å². The normalized spacial score (nSPS) is 10.4. The molecule has 1 aromatic carbocycles. The van der Waals surface area contributed by atoms with Crippen LogP contribution in [0.2, 0.25) is 0 Å². The molecule has 0 aliphatic carbocycles. The first-order chi connectivity index (χ1) is 13.9. The first kappa shape index (κ1) is 21.5. The number of carbonyl (C=O) groups is 3. The number of ether oxygens (including phenoxy) is 2. The van der Waals surface area contributed by atoms with Crippen LogP contribution in [0.3, 0.4) is 0 Å². The highest BCUT2D eigenvalue weighted by atomic mass is 16.5. The first-order valence-corrected chi connectivity index (χ1v) is 8.78. The van der Waals surface area contributed by atoms with Gasteiger partial charge in [0.1, 0.15) is 17.2 Å². The lowest BCUT2D eigenvalue weighted by atomic mass is 10.3. The Hall–Kier alpha value is -3.82. The molecule has 0 atom stereocenters. The summed E-state index contributed by atoms with van der Waals surface area (Å²) in [5.74, 6) is -0.219. The molecule has 29 heavy (non-hydrogen) atoms. The number of carbonyl (C=O) groups excluding carboxylic acids is 3. The fourth-order valence-electron chi connectivity index (χ4n) is 2.13. The summed E-state index contributed by atoms with van der Waals surface area (Å²) in [6, 6.07) is 9.67. The number of hydrogen-bond donors (Lipinski definition) is 2. The van der Waals surface area contributed by atoms with E-state index in [0.717, 1.165) is 0 Å². The van der Waals surface area contributed by atoms with Gasteiger partial charge in [-0.1, -0.05) is 19.1 Å². The minimum atomic E-state index is -0.705. The highest BCUT2D eigenvalue weighted by Gasteiger charge is 2.11. The van der Waals surface area contributed by atoms with Crippen molar-refractivity contribution in [3.05, 3.63) is 36.4 Å². The predicted molar refractivity (Wildman–Crippen MR) is 106 cm³/mol. The molecule has 0 fully saturated rings. The number of nitrogens with zero attached hydrogens (tertiary/aromatic N) is 3. The molecule has 10 nitrogen and oxygen atoms in total. The number of hydrogen-bond acceptors (Lipinski definition) is 8. The van der Waals surface area contributed by atoms with E-state index < -0.39 is 6.09 Å². The number of esters is 1. The average Bonchev–Trinajstić information content (AvgIpc) is 2.68. The summed E-state index contributed by atoms with van der Waals surface area (Å²) in [5, 5.41) is 13.1. The highest BCUT2D eigenvalue weighted by Crippen LogP contribution is 2.31. The van der Waals surface area contributed by atoms with Gasteiger partial charge in [0, 0.05) is 13.3 Å². The van der Waals surface area contributed by atoms with Crippen molar-refractivity contribution in [1.29, 1.82) is 0 Å². The van der Waals surface area contributed by atoms with Crippen LogP contribution in [0.15, 0.2) is 46.6 Å². The number of amides is 2. The molecule has 2 amide bonds. The Balaban J connectivity index is 2.30. The van der Waals surface area contributed by atoms with Crippen LogP contribution in [0.5, 0.6) is 5.75 Å². The second kappa shape index (κ2) is 10.5. The number of pyridine rings is 1. The minimum Gasteiger partial charge on any atom is -0.453 e. The first-order valence-electron chi connectivity index (χ1n) is 8.78. The monoisotopic (exact) mass is 399 g/mol. The summed E-state index contributed by atoms with van der Waals surface area (Å²) in [6.45, 7) is 3.19. The Morgan fingerprint density at radius 2 is 1.76 bits per heavy atom. The van der Waals surface area contributed by atoms with Crippen molar-refractivity contribution in [2.45, 2.75) is 26.7 Å². The Morgan fingerprint density at radius 1 is 1.03 bits per heavy atom. The zero-order chi connectivity index (χ0) is 21.2. The number of methoxy groups -OCH3 is 1. The summed E-state index contributed by atoms with van der Waals surface area (Å²) < 4.78 is 9.82. The third kappa shape index (κ3) is 6.69. The minimum absolute atomic E-state index is 0.0932. The lowest BCUT2D eigenvalue weighted by Gasteiger charge is -2.09. The average molecular weight is 399 g/mol. The molecule has 0 aliphatic heterocycles. The van der Waals surface area contributed by atoms with Crippen molar-refractivity contribution < 1.29 is 23.9 Å². The van der Waals surface area contributed by atoms with Gasteiger partial charge in [-0.2, -0.15) is 0 Å². The molecule has 2 rings (SSSR count). The lowest BCUT2D eigenvalue weighted by molar-refractivity contribution is -0.134. The van der Waals surface area contributed by atoms with Gasteiger partial charge in [-0.15, -0.1) is 10.2 Å². The van der Waals surface area contributed by atoms with Gasteiger partial charge in [0.2, 0.25) is 5.91 Å². The molecule has 1 heterocycles. The Labute approximate surface area is 167 Å². The number of rotatable bonds is 7. The van der Waals surface area contributed by atoms with Gasteiger partial charge < -0.3 is 14.8 Å². The number of anilines is 2. The largest absolute Gasteiger partial charge is 0.453 e. The number of benzene rings is 1. The van der Waals surface area contributed by atoms with E-state index in [0.29, 0.717) is 12.1 Å². The van der Waals surface area contributed by atoms with E-state index in [1.165, 1.54) is 26.2 Å². The van der Waals surface area contributed by atoms with Crippen LogP contribution >= 0.6 is 0 Å². The number of para-hydroxylation sites is 1. The van der Waals surface area contributed by atoms with Crippen molar-refractivity contribution in [3.63, 3.8) is 0 Å². The van der Waals surface area contributed by atoms with E-state index in [9.17, 15) is 14.4 Å². The zero-order valence-electron chi connectivity index (χ0n) is 16.3. The van der Waals surface area contributed by atoms with Crippen molar-refractivity contribution in [2.75, 3.05) is 17.7 Å². The van der Waals surface area contributed by atoms with Crippen molar-refractivity contribution in [3.8, 4) is 5.75 Å². The summed E-state index contributed by atoms with van der Waals surface area (Å²) >= 11 is 0. The molecule has 0 radical (unpaired) electrons. The third-order valence-electron chi connectivity index (χ3n) is 3.39. The quantitative estimate of drug-likeness (QED) is 0.404. The molecule has 0 bridgehead atoms.